The Morgan fingerprint density at radius 1 is 1.43 bits per heavy atom. The van der Waals surface area contributed by atoms with Crippen molar-refractivity contribution in [2.75, 3.05) is 20.6 Å². The van der Waals surface area contributed by atoms with E-state index in [0.717, 1.165) is 24.4 Å². The Bertz CT molecular complexity index is 550. The Morgan fingerprint density at radius 3 is 2.76 bits per heavy atom. The lowest BCUT2D eigenvalue weighted by atomic mass is 10.2. The number of sulfonamides is 1. The van der Waals surface area contributed by atoms with Crippen molar-refractivity contribution in [1.82, 2.24) is 14.9 Å². The van der Waals surface area contributed by atoms with Crippen LogP contribution in [-0.2, 0) is 16.6 Å². The molecule has 0 bridgehead atoms. The van der Waals surface area contributed by atoms with E-state index in [9.17, 15) is 8.42 Å². The summed E-state index contributed by atoms with van der Waals surface area (Å²) in [6.07, 6.45) is 3.27. The maximum atomic E-state index is 12.3. The minimum atomic E-state index is -3.40. The maximum Gasteiger partial charge on any atom is 0.241 e. The van der Waals surface area contributed by atoms with Crippen molar-refractivity contribution in [2.24, 2.45) is 0 Å². The van der Waals surface area contributed by atoms with Crippen LogP contribution in [0.25, 0.3) is 0 Å². The minimum Gasteiger partial charge on any atom is -0.309 e. The van der Waals surface area contributed by atoms with E-state index in [4.69, 9.17) is 0 Å². The molecule has 2 N–H and O–H groups in total. The quantitative estimate of drug-likeness (QED) is 0.722. The van der Waals surface area contributed by atoms with E-state index in [0.29, 0.717) is 10.9 Å². The van der Waals surface area contributed by atoms with Crippen molar-refractivity contribution in [3.8, 4) is 0 Å². The summed E-state index contributed by atoms with van der Waals surface area (Å²) in [6, 6.07) is 2.35. The lowest BCUT2D eigenvalue weighted by molar-refractivity contribution is 0.379. The lowest BCUT2D eigenvalue weighted by Crippen LogP contribution is -2.34. The van der Waals surface area contributed by atoms with E-state index in [-0.39, 0.29) is 6.04 Å². The number of nitrogens with zero attached hydrogens (tertiary/aromatic N) is 1. The van der Waals surface area contributed by atoms with Crippen LogP contribution < -0.4 is 10.0 Å². The van der Waals surface area contributed by atoms with Gasteiger partial charge in [-0.2, -0.15) is 0 Å². The molecule has 1 unspecified atom stereocenters. The first-order chi connectivity index (χ1) is 9.87. The zero-order valence-electron chi connectivity index (χ0n) is 12.9. The molecule has 1 aromatic rings. The number of rotatable bonds is 9. The lowest BCUT2D eigenvalue weighted by Gasteiger charge is -2.16. The summed E-state index contributed by atoms with van der Waals surface area (Å²) in [6.45, 7) is 3.54. The molecule has 1 aliphatic rings. The van der Waals surface area contributed by atoms with Gasteiger partial charge in [0.2, 0.25) is 10.0 Å². The Kier molecular flexibility index (Phi) is 5.79. The van der Waals surface area contributed by atoms with Gasteiger partial charge in [-0.15, -0.1) is 11.3 Å². The zero-order valence-corrected chi connectivity index (χ0v) is 14.6. The number of hydrogen-bond acceptors (Lipinski definition) is 5. The van der Waals surface area contributed by atoms with Crippen molar-refractivity contribution >= 4 is 21.4 Å². The molecule has 21 heavy (non-hydrogen) atoms. The Balaban J connectivity index is 1.88. The topological polar surface area (TPSA) is 61.4 Å². The normalized spacial score (nSPS) is 17.3. The summed E-state index contributed by atoms with van der Waals surface area (Å²) < 4.78 is 27.4. The predicted molar refractivity (Wildman–Crippen MR) is 87.1 cm³/mol. The SMILES string of the molecule is CC(CCN(C)C)NS(=O)(=O)c1csc(CNC2CC2)c1. The van der Waals surface area contributed by atoms with Crippen LogP contribution in [0.3, 0.4) is 0 Å². The molecule has 0 amide bonds. The average Bonchev–Trinajstić information content (AvgIpc) is 3.09. The van der Waals surface area contributed by atoms with Gasteiger partial charge in [0.15, 0.2) is 0 Å². The number of thiophene rings is 1. The first-order valence-corrected chi connectivity index (χ1v) is 9.71. The maximum absolute atomic E-state index is 12.3. The Labute approximate surface area is 131 Å². The molecular formula is C14H25N3O2S2. The van der Waals surface area contributed by atoms with E-state index in [1.165, 1.54) is 24.2 Å². The van der Waals surface area contributed by atoms with Crippen LogP contribution >= 0.6 is 11.3 Å². The molecule has 1 saturated carbocycles. The number of hydrogen-bond donors (Lipinski definition) is 2. The fraction of sp³-hybridized carbons (Fsp3) is 0.714. The molecule has 1 aromatic heterocycles. The van der Waals surface area contributed by atoms with Gasteiger partial charge in [-0.05, 0) is 52.9 Å². The highest BCUT2D eigenvalue weighted by Gasteiger charge is 2.22. The van der Waals surface area contributed by atoms with Crippen LogP contribution in [0.5, 0.6) is 0 Å². The van der Waals surface area contributed by atoms with Crippen LogP contribution in [0.2, 0.25) is 0 Å². The minimum absolute atomic E-state index is 0.0645. The molecule has 5 nitrogen and oxygen atoms in total. The van der Waals surface area contributed by atoms with E-state index in [1.807, 2.05) is 21.0 Å². The molecule has 0 saturated heterocycles. The first kappa shape index (κ1) is 16.9. The molecule has 1 heterocycles. The van der Waals surface area contributed by atoms with E-state index < -0.39 is 10.0 Å². The molecular weight excluding hydrogens is 306 g/mol. The van der Waals surface area contributed by atoms with Crippen LogP contribution in [0.15, 0.2) is 16.3 Å². The van der Waals surface area contributed by atoms with Gasteiger partial charge in [-0.3, -0.25) is 0 Å². The monoisotopic (exact) mass is 331 g/mol. The molecule has 2 rings (SSSR count). The van der Waals surface area contributed by atoms with Crippen molar-refractivity contribution < 1.29 is 8.42 Å². The van der Waals surface area contributed by atoms with Crippen molar-refractivity contribution in [2.45, 2.75) is 49.7 Å². The van der Waals surface area contributed by atoms with Crippen molar-refractivity contribution in [3.05, 3.63) is 16.3 Å². The van der Waals surface area contributed by atoms with Gasteiger partial charge >= 0.3 is 0 Å². The molecule has 120 valence electrons. The molecule has 7 heteroatoms. The summed E-state index contributed by atoms with van der Waals surface area (Å²) in [5, 5.41) is 5.13. The Hall–Kier alpha value is -0.470. The van der Waals surface area contributed by atoms with E-state index in [1.54, 1.807) is 11.4 Å². The predicted octanol–water partition coefficient (Wildman–Crippen LogP) is 1.62. The van der Waals surface area contributed by atoms with Gasteiger partial charge < -0.3 is 10.2 Å². The number of nitrogens with one attached hydrogen (secondary N) is 2. The smallest absolute Gasteiger partial charge is 0.241 e. The highest BCUT2D eigenvalue weighted by Crippen LogP contribution is 2.23. The standard InChI is InChI=1S/C14H25N3O2S2/c1-11(6-7-17(2)3)16-21(18,19)14-8-13(20-10-14)9-15-12-4-5-12/h8,10-12,15-16H,4-7,9H2,1-3H3. The van der Waals surface area contributed by atoms with Gasteiger partial charge in [0, 0.05) is 28.9 Å². The van der Waals surface area contributed by atoms with E-state index >= 15 is 0 Å². The second kappa shape index (κ2) is 7.19. The molecule has 1 fully saturated rings. The van der Waals surface area contributed by atoms with Crippen LogP contribution in [-0.4, -0.2) is 46.0 Å². The van der Waals surface area contributed by atoms with Gasteiger partial charge in [0.05, 0.1) is 4.90 Å². The first-order valence-electron chi connectivity index (χ1n) is 7.34. The summed E-state index contributed by atoms with van der Waals surface area (Å²) in [7, 11) is 0.575. The van der Waals surface area contributed by atoms with Crippen LogP contribution in [0.1, 0.15) is 31.1 Å². The highest BCUT2D eigenvalue weighted by molar-refractivity contribution is 7.89. The fourth-order valence-electron chi connectivity index (χ4n) is 1.97. The molecule has 1 atom stereocenters. The van der Waals surface area contributed by atoms with Crippen molar-refractivity contribution in [3.63, 3.8) is 0 Å². The van der Waals surface area contributed by atoms with Crippen LogP contribution in [0, 0.1) is 0 Å². The molecule has 0 aliphatic heterocycles. The fourth-order valence-corrected chi connectivity index (χ4v) is 4.47. The average molecular weight is 332 g/mol. The zero-order chi connectivity index (χ0) is 15.5. The van der Waals surface area contributed by atoms with Gasteiger partial charge in [-0.25, -0.2) is 13.1 Å². The third-order valence-corrected chi connectivity index (χ3v) is 6.10. The molecule has 0 spiro atoms. The summed E-state index contributed by atoms with van der Waals surface area (Å²) >= 11 is 1.50. The highest BCUT2D eigenvalue weighted by atomic mass is 32.2. The Morgan fingerprint density at radius 2 is 2.14 bits per heavy atom. The summed E-state index contributed by atoms with van der Waals surface area (Å²) in [5.74, 6) is 0. The summed E-state index contributed by atoms with van der Waals surface area (Å²) in [4.78, 5) is 3.51. The molecule has 0 radical (unpaired) electrons. The second-order valence-corrected chi connectivity index (χ2v) is 8.73. The van der Waals surface area contributed by atoms with Gasteiger partial charge in [-0.1, -0.05) is 0 Å². The van der Waals surface area contributed by atoms with Gasteiger partial charge in [0.1, 0.15) is 0 Å². The van der Waals surface area contributed by atoms with Crippen molar-refractivity contribution in [1.29, 1.82) is 0 Å². The molecule has 1 aliphatic carbocycles. The third kappa shape index (κ3) is 5.67. The summed E-state index contributed by atoms with van der Waals surface area (Å²) in [5.41, 5.74) is 0. The van der Waals surface area contributed by atoms with E-state index in [2.05, 4.69) is 14.9 Å². The molecule has 0 aromatic carbocycles. The van der Waals surface area contributed by atoms with Gasteiger partial charge in [0.25, 0.3) is 0 Å². The third-order valence-electron chi connectivity index (χ3n) is 3.45. The second-order valence-electron chi connectivity index (χ2n) is 6.02. The van der Waals surface area contributed by atoms with Crippen LogP contribution in [0.4, 0.5) is 0 Å². The largest absolute Gasteiger partial charge is 0.309 e.